The summed E-state index contributed by atoms with van der Waals surface area (Å²) in [5.41, 5.74) is 1.59. The summed E-state index contributed by atoms with van der Waals surface area (Å²) in [6.07, 6.45) is 1.92. The number of oxazole rings is 1. The number of para-hydroxylation sites is 2. The Balaban J connectivity index is 1.79. The van der Waals surface area contributed by atoms with Crippen LogP contribution in [0.2, 0.25) is 0 Å². The molecule has 1 unspecified atom stereocenters. The molecule has 0 N–H and O–H groups in total. The number of nitrogens with zero attached hydrogens (tertiary/aromatic N) is 1. The standard InChI is InChI=1S/C13H15NO3/c1-13(9-16-13)7-4-8-14-10-5-2-3-6-11(10)17-12(14)15/h2-3,5-6H,4,7-9H2,1H3. The number of rotatable bonds is 4. The first-order chi connectivity index (χ1) is 8.18. The molecule has 1 atom stereocenters. The summed E-state index contributed by atoms with van der Waals surface area (Å²) >= 11 is 0. The molecule has 17 heavy (non-hydrogen) atoms. The fourth-order valence-corrected chi connectivity index (χ4v) is 2.10. The van der Waals surface area contributed by atoms with E-state index in [-0.39, 0.29) is 11.4 Å². The minimum absolute atomic E-state index is 0.0587. The molecule has 1 aliphatic rings. The smallest absolute Gasteiger partial charge is 0.408 e. The summed E-state index contributed by atoms with van der Waals surface area (Å²) in [5.74, 6) is -0.270. The van der Waals surface area contributed by atoms with Gasteiger partial charge in [0.25, 0.3) is 0 Å². The summed E-state index contributed by atoms with van der Waals surface area (Å²) in [6.45, 7) is 3.63. The third-order valence-electron chi connectivity index (χ3n) is 3.30. The van der Waals surface area contributed by atoms with Gasteiger partial charge in [0.15, 0.2) is 5.58 Å². The zero-order valence-electron chi connectivity index (χ0n) is 9.81. The van der Waals surface area contributed by atoms with Gasteiger partial charge in [-0.25, -0.2) is 4.79 Å². The monoisotopic (exact) mass is 233 g/mol. The van der Waals surface area contributed by atoms with Gasteiger partial charge < -0.3 is 9.15 Å². The van der Waals surface area contributed by atoms with Crippen LogP contribution in [-0.4, -0.2) is 16.8 Å². The van der Waals surface area contributed by atoms with Crippen molar-refractivity contribution in [2.24, 2.45) is 0 Å². The predicted molar refractivity (Wildman–Crippen MR) is 64.1 cm³/mol. The van der Waals surface area contributed by atoms with Crippen LogP contribution in [0.3, 0.4) is 0 Å². The molecule has 0 bridgehead atoms. The second kappa shape index (κ2) is 3.74. The third-order valence-corrected chi connectivity index (χ3v) is 3.30. The molecule has 2 heterocycles. The minimum Gasteiger partial charge on any atom is -0.408 e. The quantitative estimate of drug-likeness (QED) is 0.760. The van der Waals surface area contributed by atoms with Gasteiger partial charge in [-0.15, -0.1) is 0 Å². The van der Waals surface area contributed by atoms with E-state index in [1.807, 2.05) is 24.3 Å². The highest BCUT2D eigenvalue weighted by atomic mass is 16.6. The molecular weight excluding hydrogens is 218 g/mol. The summed E-state index contributed by atoms with van der Waals surface area (Å²) in [7, 11) is 0. The molecule has 3 rings (SSSR count). The lowest BCUT2D eigenvalue weighted by Crippen LogP contribution is -2.15. The number of hydrogen-bond acceptors (Lipinski definition) is 3. The molecule has 0 radical (unpaired) electrons. The second-order valence-electron chi connectivity index (χ2n) is 4.83. The molecule has 0 saturated carbocycles. The van der Waals surface area contributed by atoms with Crippen molar-refractivity contribution >= 4 is 11.1 Å². The number of aryl methyl sites for hydroxylation is 1. The van der Waals surface area contributed by atoms with E-state index >= 15 is 0 Å². The highest BCUT2D eigenvalue weighted by Crippen LogP contribution is 2.31. The van der Waals surface area contributed by atoms with Gasteiger partial charge in [0.1, 0.15) is 0 Å². The number of hydrogen-bond donors (Lipinski definition) is 0. The molecule has 4 heteroatoms. The van der Waals surface area contributed by atoms with E-state index in [0.29, 0.717) is 12.1 Å². The van der Waals surface area contributed by atoms with E-state index in [1.165, 1.54) is 0 Å². The van der Waals surface area contributed by atoms with Crippen LogP contribution in [0, 0.1) is 0 Å². The van der Waals surface area contributed by atoms with Crippen LogP contribution in [0.4, 0.5) is 0 Å². The lowest BCUT2D eigenvalue weighted by atomic mass is 10.1. The van der Waals surface area contributed by atoms with Crippen molar-refractivity contribution in [2.75, 3.05) is 6.61 Å². The van der Waals surface area contributed by atoms with Crippen molar-refractivity contribution in [1.29, 1.82) is 0 Å². The zero-order chi connectivity index (χ0) is 11.9. The van der Waals surface area contributed by atoms with Crippen molar-refractivity contribution in [2.45, 2.75) is 31.9 Å². The molecule has 0 amide bonds. The molecule has 1 fully saturated rings. The lowest BCUT2D eigenvalue weighted by Gasteiger charge is -2.05. The third kappa shape index (κ3) is 2.00. The summed E-state index contributed by atoms with van der Waals surface area (Å²) < 4.78 is 12.2. The molecule has 1 aromatic heterocycles. The van der Waals surface area contributed by atoms with Gasteiger partial charge in [-0.1, -0.05) is 12.1 Å². The Morgan fingerprint density at radius 2 is 2.18 bits per heavy atom. The molecular formula is C13H15NO3. The van der Waals surface area contributed by atoms with Crippen molar-refractivity contribution in [3.8, 4) is 0 Å². The van der Waals surface area contributed by atoms with E-state index in [9.17, 15) is 4.79 Å². The van der Waals surface area contributed by atoms with Gasteiger partial charge in [-0.05, 0) is 31.9 Å². The van der Waals surface area contributed by atoms with Gasteiger partial charge in [-0.2, -0.15) is 0 Å². The van der Waals surface area contributed by atoms with Gasteiger partial charge in [0.2, 0.25) is 0 Å². The number of epoxide rings is 1. The Hall–Kier alpha value is -1.55. The van der Waals surface area contributed by atoms with Crippen molar-refractivity contribution in [1.82, 2.24) is 4.57 Å². The number of fused-ring (bicyclic) bond motifs is 1. The number of ether oxygens (including phenoxy) is 1. The largest absolute Gasteiger partial charge is 0.419 e. The van der Waals surface area contributed by atoms with Crippen molar-refractivity contribution < 1.29 is 9.15 Å². The highest BCUT2D eigenvalue weighted by Gasteiger charge is 2.38. The molecule has 90 valence electrons. The Morgan fingerprint density at radius 1 is 1.41 bits per heavy atom. The summed E-state index contributed by atoms with van der Waals surface area (Å²) in [4.78, 5) is 11.7. The molecule has 2 aromatic rings. The average Bonchev–Trinajstić information content (AvgIpc) is 2.95. The highest BCUT2D eigenvalue weighted by molar-refractivity contribution is 5.72. The van der Waals surface area contributed by atoms with E-state index in [2.05, 4.69) is 6.92 Å². The molecule has 1 saturated heterocycles. The maximum absolute atomic E-state index is 11.7. The Labute approximate surface area is 98.8 Å². The number of benzene rings is 1. The van der Waals surface area contributed by atoms with Crippen LogP contribution in [-0.2, 0) is 11.3 Å². The Morgan fingerprint density at radius 3 is 2.94 bits per heavy atom. The van der Waals surface area contributed by atoms with E-state index in [0.717, 1.165) is 25.0 Å². The van der Waals surface area contributed by atoms with Gasteiger partial charge >= 0.3 is 5.76 Å². The fourth-order valence-electron chi connectivity index (χ4n) is 2.10. The first-order valence-corrected chi connectivity index (χ1v) is 5.90. The van der Waals surface area contributed by atoms with Gasteiger partial charge in [0.05, 0.1) is 17.7 Å². The van der Waals surface area contributed by atoms with Crippen LogP contribution >= 0.6 is 0 Å². The Kier molecular flexibility index (Phi) is 2.33. The predicted octanol–water partition coefficient (Wildman–Crippen LogP) is 2.16. The molecule has 1 aliphatic heterocycles. The van der Waals surface area contributed by atoms with E-state index in [1.54, 1.807) is 4.57 Å². The maximum Gasteiger partial charge on any atom is 0.419 e. The fraction of sp³-hybridized carbons (Fsp3) is 0.462. The van der Waals surface area contributed by atoms with Crippen LogP contribution in [0.1, 0.15) is 19.8 Å². The summed E-state index contributed by atoms with van der Waals surface area (Å²) in [5, 5.41) is 0. The number of aromatic nitrogens is 1. The van der Waals surface area contributed by atoms with Gasteiger partial charge in [0, 0.05) is 6.54 Å². The van der Waals surface area contributed by atoms with Crippen LogP contribution in [0.25, 0.3) is 11.1 Å². The molecule has 0 spiro atoms. The first-order valence-electron chi connectivity index (χ1n) is 5.90. The van der Waals surface area contributed by atoms with Crippen LogP contribution < -0.4 is 5.76 Å². The molecule has 1 aromatic carbocycles. The van der Waals surface area contributed by atoms with Crippen molar-refractivity contribution in [3.63, 3.8) is 0 Å². The topological polar surface area (TPSA) is 47.7 Å². The van der Waals surface area contributed by atoms with Crippen molar-refractivity contribution in [3.05, 3.63) is 34.8 Å². The molecule has 0 aliphatic carbocycles. The lowest BCUT2D eigenvalue weighted by molar-refractivity contribution is 0.299. The minimum atomic E-state index is -0.270. The SMILES string of the molecule is CC1(CCCn2c(=O)oc3ccccc32)CO1. The van der Waals surface area contributed by atoms with E-state index < -0.39 is 0 Å². The molecule has 4 nitrogen and oxygen atoms in total. The second-order valence-corrected chi connectivity index (χ2v) is 4.83. The van der Waals surface area contributed by atoms with Crippen LogP contribution in [0.15, 0.2) is 33.5 Å². The normalized spacial score (nSPS) is 23.1. The maximum atomic E-state index is 11.7. The first kappa shape index (κ1) is 10.6. The van der Waals surface area contributed by atoms with Gasteiger partial charge in [-0.3, -0.25) is 4.57 Å². The zero-order valence-corrected chi connectivity index (χ0v) is 9.81. The Bertz CT molecular complexity index is 592. The summed E-state index contributed by atoms with van der Waals surface area (Å²) in [6, 6.07) is 7.52. The van der Waals surface area contributed by atoms with E-state index in [4.69, 9.17) is 9.15 Å². The van der Waals surface area contributed by atoms with Crippen LogP contribution in [0.5, 0.6) is 0 Å². The average molecular weight is 233 g/mol.